The molecule has 0 radical (unpaired) electrons. The minimum atomic E-state index is -0.964. The van der Waals surface area contributed by atoms with Gasteiger partial charge in [-0.25, -0.2) is 9.78 Å². The van der Waals surface area contributed by atoms with Crippen LogP contribution >= 0.6 is 0 Å². The molecule has 0 aliphatic heterocycles. The normalized spacial score (nSPS) is 11.1. The third-order valence-corrected chi connectivity index (χ3v) is 3.25. The van der Waals surface area contributed by atoms with E-state index < -0.39 is 5.97 Å². The molecule has 0 unspecified atom stereocenters. The van der Waals surface area contributed by atoms with Gasteiger partial charge >= 0.3 is 5.97 Å². The van der Waals surface area contributed by atoms with Gasteiger partial charge in [0, 0.05) is 19.7 Å². The molecule has 0 spiro atoms. The summed E-state index contributed by atoms with van der Waals surface area (Å²) in [5.74, 6) is -0.143. The molecule has 102 valence electrons. The summed E-state index contributed by atoms with van der Waals surface area (Å²) in [6.07, 6.45) is 4.34. The van der Waals surface area contributed by atoms with Crippen LogP contribution in [-0.4, -0.2) is 30.4 Å². The highest BCUT2D eigenvalue weighted by Gasteiger charge is 2.17. The van der Waals surface area contributed by atoms with E-state index >= 15 is 0 Å². The molecule has 0 amide bonds. The van der Waals surface area contributed by atoms with Crippen molar-refractivity contribution in [3.63, 3.8) is 0 Å². The van der Waals surface area contributed by atoms with Gasteiger partial charge in [-0.15, -0.1) is 0 Å². The summed E-state index contributed by atoms with van der Waals surface area (Å²) in [6.45, 7) is 1.99. The Labute approximate surface area is 115 Å². The minimum Gasteiger partial charge on any atom is -0.478 e. The maximum atomic E-state index is 11.3. The Bertz CT molecular complexity index is 801. The molecule has 0 saturated carbocycles. The zero-order valence-electron chi connectivity index (χ0n) is 11.2. The molecule has 3 rings (SSSR count). The summed E-state index contributed by atoms with van der Waals surface area (Å²) in [5, 5.41) is 13.4. The lowest BCUT2D eigenvalue weighted by Gasteiger charge is -2.04. The summed E-state index contributed by atoms with van der Waals surface area (Å²) < 4.78 is 3.66. The van der Waals surface area contributed by atoms with E-state index in [-0.39, 0.29) is 5.56 Å². The number of hydrogen-bond donors (Lipinski definition) is 1. The molecule has 1 aromatic carbocycles. The first-order valence-corrected chi connectivity index (χ1v) is 6.34. The van der Waals surface area contributed by atoms with Crippen LogP contribution in [0.2, 0.25) is 0 Å². The number of benzene rings is 1. The fraction of sp³-hybridized carbons (Fsp3) is 0.214. The first-order chi connectivity index (χ1) is 9.61. The minimum absolute atomic E-state index is 0.222. The summed E-state index contributed by atoms with van der Waals surface area (Å²) >= 11 is 0. The summed E-state index contributed by atoms with van der Waals surface area (Å²) in [7, 11) is 1.84. The molecule has 0 atom stereocenters. The van der Waals surface area contributed by atoms with Gasteiger partial charge in [0.25, 0.3) is 0 Å². The van der Waals surface area contributed by atoms with Crippen molar-refractivity contribution in [3.05, 3.63) is 42.0 Å². The molecule has 0 bridgehead atoms. The van der Waals surface area contributed by atoms with Gasteiger partial charge in [-0.2, -0.15) is 5.10 Å². The fourth-order valence-corrected chi connectivity index (χ4v) is 2.37. The van der Waals surface area contributed by atoms with E-state index in [0.717, 1.165) is 17.0 Å². The van der Waals surface area contributed by atoms with Gasteiger partial charge < -0.3 is 5.11 Å². The summed E-state index contributed by atoms with van der Waals surface area (Å²) in [5.41, 5.74) is 2.41. The molecule has 0 fully saturated rings. The lowest BCUT2D eigenvalue weighted by Crippen LogP contribution is -1.99. The van der Waals surface area contributed by atoms with Gasteiger partial charge in [0.2, 0.25) is 0 Å². The number of carboxylic acid groups (broad SMARTS) is 1. The van der Waals surface area contributed by atoms with Crippen molar-refractivity contribution in [3.8, 4) is 5.69 Å². The average molecular weight is 270 g/mol. The quantitative estimate of drug-likeness (QED) is 0.790. The largest absolute Gasteiger partial charge is 0.478 e. The molecule has 6 nitrogen and oxygen atoms in total. The van der Waals surface area contributed by atoms with E-state index in [1.165, 1.54) is 0 Å². The van der Waals surface area contributed by atoms with Crippen LogP contribution in [0.5, 0.6) is 0 Å². The highest BCUT2D eigenvalue weighted by Crippen LogP contribution is 2.24. The molecule has 6 heteroatoms. The number of carboxylic acids is 1. The number of carbonyl (C=O) groups is 1. The summed E-state index contributed by atoms with van der Waals surface area (Å²) in [6, 6.07) is 5.19. The third-order valence-electron chi connectivity index (χ3n) is 3.25. The number of rotatable bonds is 3. The van der Waals surface area contributed by atoms with E-state index in [1.807, 2.05) is 30.8 Å². The van der Waals surface area contributed by atoms with Gasteiger partial charge in [0.1, 0.15) is 11.3 Å². The molecule has 2 aromatic heterocycles. The highest BCUT2D eigenvalue weighted by atomic mass is 16.4. The van der Waals surface area contributed by atoms with Crippen LogP contribution in [0.25, 0.3) is 16.7 Å². The Morgan fingerprint density at radius 1 is 1.40 bits per heavy atom. The van der Waals surface area contributed by atoms with E-state index in [0.29, 0.717) is 11.9 Å². The van der Waals surface area contributed by atoms with Crippen molar-refractivity contribution in [1.29, 1.82) is 0 Å². The van der Waals surface area contributed by atoms with E-state index in [4.69, 9.17) is 0 Å². The molecule has 0 aliphatic rings. The first kappa shape index (κ1) is 12.4. The fourth-order valence-electron chi connectivity index (χ4n) is 2.37. The Kier molecular flexibility index (Phi) is 2.78. The molecule has 1 N–H and O–H groups in total. The van der Waals surface area contributed by atoms with Crippen molar-refractivity contribution >= 4 is 17.0 Å². The van der Waals surface area contributed by atoms with Crippen LogP contribution in [0.15, 0.2) is 30.6 Å². The van der Waals surface area contributed by atoms with E-state index in [1.54, 1.807) is 23.0 Å². The topological polar surface area (TPSA) is 72.9 Å². The highest BCUT2D eigenvalue weighted by molar-refractivity contribution is 6.01. The third kappa shape index (κ3) is 1.77. The van der Waals surface area contributed by atoms with Gasteiger partial charge in [0.15, 0.2) is 0 Å². The Hall–Kier alpha value is -2.63. The van der Waals surface area contributed by atoms with Crippen LogP contribution in [-0.2, 0) is 13.5 Å². The summed E-state index contributed by atoms with van der Waals surface area (Å²) in [4.78, 5) is 15.8. The molecule has 0 saturated heterocycles. The number of imidazole rings is 1. The van der Waals surface area contributed by atoms with Gasteiger partial charge in [-0.1, -0.05) is 13.0 Å². The number of nitrogens with zero attached hydrogens (tertiary/aromatic N) is 4. The first-order valence-electron chi connectivity index (χ1n) is 6.34. The zero-order chi connectivity index (χ0) is 14.3. The SMILES string of the molecule is CCc1nc2c(C(=O)O)cccc2n1-c1cnn(C)c1. The monoisotopic (exact) mass is 270 g/mol. The molecule has 0 aliphatic carbocycles. The second-order valence-corrected chi connectivity index (χ2v) is 4.57. The number of fused-ring (bicyclic) bond motifs is 1. The Morgan fingerprint density at radius 2 is 2.20 bits per heavy atom. The Balaban J connectivity index is 2.36. The van der Waals surface area contributed by atoms with Crippen molar-refractivity contribution in [2.45, 2.75) is 13.3 Å². The number of aryl methyl sites for hydroxylation is 2. The van der Waals surface area contributed by atoms with Crippen molar-refractivity contribution in [2.75, 3.05) is 0 Å². The van der Waals surface area contributed by atoms with Crippen molar-refractivity contribution < 1.29 is 9.90 Å². The maximum Gasteiger partial charge on any atom is 0.337 e. The van der Waals surface area contributed by atoms with Crippen LogP contribution in [0.1, 0.15) is 23.1 Å². The predicted molar refractivity (Wildman–Crippen MR) is 74.2 cm³/mol. The maximum absolute atomic E-state index is 11.3. The van der Waals surface area contributed by atoms with Crippen LogP contribution in [0.3, 0.4) is 0 Å². The molecule has 20 heavy (non-hydrogen) atoms. The Morgan fingerprint density at radius 3 is 2.80 bits per heavy atom. The number of hydrogen-bond acceptors (Lipinski definition) is 3. The van der Waals surface area contributed by atoms with Crippen LogP contribution < -0.4 is 0 Å². The molecular weight excluding hydrogens is 256 g/mol. The van der Waals surface area contributed by atoms with E-state index in [2.05, 4.69) is 10.1 Å². The smallest absolute Gasteiger partial charge is 0.337 e. The zero-order valence-corrected chi connectivity index (χ0v) is 11.2. The van der Waals surface area contributed by atoms with Crippen molar-refractivity contribution in [2.24, 2.45) is 7.05 Å². The lowest BCUT2D eigenvalue weighted by atomic mass is 10.2. The van der Waals surface area contributed by atoms with Crippen LogP contribution in [0, 0.1) is 0 Å². The average Bonchev–Trinajstić information content (AvgIpc) is 3.00. The van der Waals surface area contributed by atoms with Gasteiger partial charge in [-0.3, -0.25) is 9.25 Å². The second kappa shape index (κ2) is 4.48. The molecule has 3 aromatic rings. The van der Waals surface area contributed by atoms with E-state index in [9.17, 15) is 9.90 Å². The predicted octanol–water partition coefficient (Wildman–Crippen LogP) is 2.02. The van der Waals surface area contributed by atoms with Gasteiger partial charge in [-0.05, 0) is 12.1 Å². The van der Waals surface area contributed by atoms with Crippen molar-refractivity contribution in [1.82, 2.24) is 19.3 Å². The lowest BCUT2D eigenvalue weighted by molar-refractivity contribution is 0.0699. The number of aromatic carboxylic acids is 1. The van der Waals surface area contributed by atoms with Gasteiger partial charge in [0.05, 0.1) is 23.0 Å². The number of para-hydroxylation sites is 1. The van der Waals surface area contributed by atoms with Crippen LogP contribution in [0.4, 0.5) is 0 Å². The molecule has 2 heterocycles. The standard InChI is InChI=1S/C14H14N4O2/c1-3-12-16-13-10(14(19)20)5-4-6-11(13)18(12)9-7-15-17(2)8-9/h4-8H,3H2,1-2H3,(H,19,20). The molecular formula is C14H14N4O2. The second-order valence-electron chi connectivity index (χ2n) is 4.57. The number of aromatic nitrogens is 4.